The van der Waals surface area contributed by atoms with E-state index in [0.29, 0.717) is 18.4 Å². The topological polar surface area (TPSA) is 73.1 Å². The smallest absolute Gasteiger partial charge is 0.306 e. The Hall–Kier alpha value is -2.02. The van der Waals surface area contributed by atoms with E-state index in [2.05, 4.69) is 11.4 Å². The molecule has 1 aliphatic carbocycles. The average molecular weight is 216 g/mol. The van der Waals surface area contributed by atoms with E-state index in [1.807, 2.05) is 18.2 Å². The number of nitrogens with zero attached hydrogens (tertiary/aromatic N) is 1. The first-order valence-electron chi connectivity index (χ1n) is 5.19. The molecule has 4 nitrogen and oxygen atoms in total. The Morgan fingerprint density at radius 2 is 2.12 bits per heavy atom. The molecule has 0 saturated heterocycles. The van der Waals surface area contributed by atoms with Crippen molar-refractivity contribution in [2.75, 3.05) is 5.32 Å². The zero-order valence-corrected chi connectivity index (χ0v) is 8.68. The number of rotatable bonds is 3. The molecule has 2 N–H and O–H groups in total. The van der Waals surface area contributed by atoms with Crippen LogP contribution >= 0.6 is 0 Å². The number of hydrogen-bond acceptors (Lipinski definition) is 3. The number of carboxylic acid groups (broad SMARTS) is 1. The molecule has 1 aromatic rings. The molecule has 0 aliphatic heterocycles. The third-order valence-electron chi connectivity index (χ3n) is 2.89. The molecule has 1 fully saturated rings. The van der Waals surface area contributed by atoms with Crippen molar-refractivity contribution in [1.82, 2.24) is 0 Å². The molecular weight excluding hydrogens is 204 g/mol. The molecule has 1 aromatic carbocycles. The lowest BCUT2D eigenvalue weighted by molar-refractivity contribution is -0.144. The van der Waals surface area contributed by atoms with Crippen molar-refractivity contribution >= 4 is 11.7 Å². The van der Waals surface area contributed by atoms with Gasteiger partial charge in [-0.1, -0.05) is 12.1 Å². The summed E-state index contributed by atoms with van der Waals surface area (Å²) in [5, 5.41) is 20.8. The molecule has 0 aromatic heterocycles. The molecule has 16 heavy (non-hydrogen) atoms. The van der Waals surface area contributed by atoms with Gasteiger partial charge in [0.25, 0.3) is 0 Å². The van der Waals surface area contributed by atoms with Crippen LogP contribution in [-0.2, 0) is 4.79 Å². The van der Waals surface area contributed by atoms with Crippen LogP contribution in [0.1, 0.15) is 18.4 Å². The van der Waals surface area contributed by atoms with Crippen molar-refractivity contribution in [3.8, 4) is 6.07 Å². The number of para-hydroxylation sites is 1. The number of nitrogens with one attached hydrogen (secondary N) is 1. The molecule has 0 bridgehead atoms. The van der Waals surface area contributed by atoms with Crippen LogP contribution in [0.2, 0.25) is 0 Å². The zero-order valence-electron chi connectivity index (χ0n) is 8.68. The Morgan fingerprint density at radius 3 is 2.75 bits per heavy atom. The summed E-state index contributed by atoms with van der Waals surface area (Å²) < 4.78 is 0. The maximum atomic E-state index is 10.6. The molecule has 2 rings (SSSR count). The SMILES string of the molecule is N#Cc1ccccc1NC1CC(C(=O)O)C1. The molecular formula is C12H12N2O2. The van der Waals surface area contributed by atoms with Crippen molar-refractivity contribution in [2.45, 2.75) is 18.9 Å². The fourth-order valence-electron chi connectivity index (χ4n) is 1.86. The summed E-state index contributed by atoms with van der Waals surface area (Å²) in [6, 6.07) is 9.53. The third kappa shape index (κ3) is 1.98. The minimum absolute atomic E-state index is 0.176. The fourth-order valence-corrected chi connectivity index (χ4v) is 1.86. The van der Waals surface area contributed by atoms with Gasteiger partial charge in [0.05, 0.1) is 17.2 Å². The van der Waals surface area contributed by atoms with E-state index < -0.39 is 5.97 Å². The lowest BCUT2D eigenvalue weighted by Crippen LogP contribution is -2.39. The highest BCUT2D eigenvalue weighted by Crippen LogP contribution is 2.31. The van der Waals surface area contributed by atoms with Gasteiger partial charge in [-0.2, -0.15) is 5.26 Å². The van der Waals surface area contributed by atoms with Gasteiger partial charge in [-0.25, -0.2) is 0 Å². The van der Waals surface area contributed by atoms with Crippen LogP contribution < -0.4 is 5.32 Å². The monoisotopic (exact) mass is 216 g/mol. The minimum atomic E-state index is -0.730. The maximum Gasteiger partial charge on any atom is 0.306 e. The number of carbonyl (C=O) groups is 1. The summed E-state index contributed by atoms with van der Waals surface area (Å²) in [5.41, 5.74) is 1.39. The minimum Gasteiger partial charge on any atom is -0.481 e. The van der Waals surface area contributed by atoms with Gasteiger partial charge >= 0.3 is 5.97 Å². The lowest BCUT2D eigenvalue weighted by Gasteiger charge is -2.33. The highest BCUT2D eigenvalue weighted by Gasteiger charge is 2.34. The van der Waals surface area contributed by atoms with E-state index in [4.69, 9.17) is 10.4 Å². The molecule has 4 heteroatoms. The molecule has 0 heterocycles. The number of anilines is 1. The van der Waals surface area contributed by atoms with Gasteiger partial charge in [-0.15, -0.1) is 0 Å². The van der Waals surface area contributed by atoms with Gasteiger partial charge in [-0.3, -0.25) is 4.79 Å². The first-order chi connectivity index (χ1) is 7.70. The van der Waals surface area contributed by atoms with E-state index in [9.17, 15) is 4.79 Å². The van der Waals surface area contributed by atoms with Crippen molar-refractivity contribution < 1.29 is 9.90 Å². The van der Waals surface area contributed by atoms with Crippen molar-refractivity contribution in [3.05, 3.63) is 29.8 Å². The number of hydrogen-bond donors (Lipinski definition) is 2. The Kier molecular flexibility index (Phi) is 2.78. The highest BCUT2D eigenvalue weighted by molar-refractivity contribution is 5.72. The summed E-state index contributed by atoms with van der Waals surface area (Å²) >= 11 is 0. The van der Waals surface area contributed by atoms with Crippen molar-refractivity contribution in [2.24, 2.45) is 5.92 Å². The summed E-state index contributed by atoms with van der Waals surface area (Å²) in [5.74, 6) is -0.960. The van der Waals surface area contributed by atoms with Crippen LogP contribution in [0.5, 0.6) is 0 Å². The molecule has 82 valence electrons. The highest BCUT2D eigenvalue weighted by atomic mass is 16.4. The van der Waals surface area contributed by atoms with Crippen LogP contribution in [0.25, 0.3) is 0 Å². The predicted molar refractivity (Wildman–Crippen MR) is 58.9 cm³/mol. The van der Waals surface area contributed by atoms with Crippen molar-refractivity contribution in [1.29, 1.82) is 5.26 Å². The second-order valence-electron chi connectivity index (χ2n) is 4.01. The molecule has 1 saturated carbocycles. The van der Waals surface area contributed by atoms with Gasteiger partial charge < -0.3 is 10.4 Å². The van der Waals surface area contributed by atoms with Crippen LogP contribution in [0.3, 0.4) is 0 Å². The summed E-state index contributed by atoms with van der Waals surface area (Å²) in [7, 11) is 0. The van der Waals surface area contributed by atoms with Crippen LogP contribution in [0, 0.1) is 17.2 Å². The second kappa shape index (κ2) is 4.23. The average Bonchev–Trinajstić information content (AvgIpc) is 2.22. The largest absolute Gasteiger partial charge is 0.481 e. The predicted octanol–water partition coefficient (Wildman–Crippen LogP) is 1.83. The molecule has 0 atom stereocenters. The molecule has 0 amide bonds. The van der Waals surface area contributed by atoms with E-state index in [1.165, 1.54) is 0 Å². The first kappa shape index (κ1) is 10.5. The standard InChI is InChI=1S/C12H12N2O2/c13-7-8-3-1-2-4-11(8)14-10-5-9(6-10)12(15)16/h1-4,9-10,14H,5-6H2,(H,15,16). The Bertz CT molecular complexity index is 445. The number of benzene rings is 1. The van der Waals surface area contributed by atoms with Gasteiger partial charge in [0.2, 0.25) is 0 Å². The van der Waals surface area contributed by atoms with Gasteiger partial charge in [0.1, 0.15) is 6.07 Å². The van der Waals surface area contributed by atoms with Crippen molar-refractivity contribution in [3.63, 3.8) is 0 Å². The second-order valence-corrected chi connectivity index (χ2v) is 4.01. The fraction of sp³-hybridized carbons (Fsp3) is 0.333. The number of carboxylic acids is 1. The Balaban J connectivity index is 1.97. The quantitative estimate of drug-likeness (QED) is 0.808. The molecule has 0 unspecified atom stereocenters. The zero-order chi connectivity index (χ0) is 11.5. The van der Waals surface area contributed by atoms with E-state index in [1.54, 1.807) is 6.07 Å². The Morgan fingerprint density at radius 1 is 1.44 bits per heavy atom. The summed E-state index contributed by atoms with van der Waals surface area (Å²) in [6.45, 7) is 0. The van der Waals surface area contributed by atoms with Gasteiger partial charge in [-0.05, 0) is 25.0 Å². The Labute approximate surface area is 93.5 Å². The third-order valence-corrected chi connectivity index (χ3v) is 2.89. The van der Waals surface area contributed by atoms with Crippen LogP contribution in [-0.4, -0.2) is 17.1 Å². The van der Waals surface area contributed by atoms with Gasteiger partial charge in [0.15, 0.2) is 0 Å². The summed E-state index contributed by atoms with van der Waals surface area (Å²) in [4.78, 5) is 10.6. The molecule has 0 radical (unpaired) electrons. The normalized spacial score (nSPS) is 22.9. The van der Waals surface area contributed by atoms with Crippen LogP contribution in [0.15, 0.2) is 24.3 Å². The number of aliphatic carboxylic acids is 1. The lowest BCUT2D eigenvalue weighted by atomic mass is 9.80. The number of nitriles is 1. The van der Waals surface area contributed by atoms with E-state index >= 15 is 0 Å². The first-order valence-corrected chi connectivity index (χ1v) is 5.19. The molecule has 1 aliphatic rings. The van der Waals surface area contributed by atoms with Crippen LogP contribution in [0.4, 0.5) is 5.69 Å². The van der Waals surface area contributed by atoms with E-state index in [0.717, 1.165) is 5.69 Å². The van der Waals surface area contributed by atoms with Gasteiger partial charge in [0, 0.05) is 6.04 Å². The maximum absolute atomic E-state index is 10.6. The summed E-state index contributed by atoms with van der Waals surface area (Å²) in [6.07, 6.45) is 1.27. The van der Waals surface area contributed by atoms with E-state index in [-0.39, 0.29) is 12.0 Å². The molecule has 0 spiro atoms.